The molecule has 6 aromatic rings. The topological polar surface area (TPSA) is 241 Å². The van der Waals surface area contributed by atoms with Crippen LogP contribution in [0.4, 0.5) is 9.59 Å². The molecule has 24 nitrogen and oxygen atoms in total. The van der Waals surface area contributed by atoms with E-state index >= 15 is 0 Å². The van der Waals surface area contributed by atoms with E-state index in [0.29, 0.717) is 106 Å². The predicted octanol–water partition coefficient (Wildman–Crippen LogP) is 17.4. The van der Waals surface area contributed by atoms with Crippen LogP contribution in [0, 0.1) is 17.8 Å². The van der Waals surface area contributed by atoms with Crippen LogP contribution in [0.2, 0.25) is 15.1 Å². The monoisotopic (exact) mass is 2100 g/mol. The molecule has 3 aromatic carbocycles. The average Bonchev–Trinajstić information content (AvgIpc) is 1.67. The third-order valence-electron chi connectivity index (χ3n) is 32.3. The quantitative estimate of drug-likeness (QED) is 0.0681. The summed E-state index contributed by atoms with van der Waals surface area (Å²) in [7, 11) is 1.74. The Kier molecular flexibility index (Phi) is 36.0. The molecule has 12 heterocycles. The average molecular weight is 2100 g/mol. The maximum Gasteiger partial charge on any atom is 0.314 e. The summed E-state index contributed by atoms with van der Waals surface area (Å²) in [6, 6.07) is 28.0. The van der Waals surface area contributed by atoms with E-state index in [1.807, 2.05) is 41.7 Å². The molecular formula is C105H143Br3Cl3N17O7. The van der Waals surface area contributed by atoms with E-state index in [9.17, 15) is 28.8 Å². The van der Waals surface area contributed by atoms with Crippen LogP contribution in [0.15, 0.2) is 105 Å². The minimum atomic E-state index is -0.361. The normalized spacial score (nSPS) is 23.8. The minimum absolute atomic E-state index is 0.127. The maximum atomic E-state index is 13.6. The summed E-state index contributed by atoms with van der Waals surface area (Å²) in [6.45, 7) is 25.2. The second-order valence-corrected chi connectivity index (χ2v) is 44.6. The zero-order valence-electron chi connectivity index (χ0n) is 79.9. The van der Waals surface area contributed by atoms with Crippen LogP contribution in [0.25, 0.3) is 0 Å². The lowest BCUT2D eigenvalue weighted by molar-refractivity contribution is -0.139. The van der Waals surface area contributed by atoms with Crippen LogP contribution < -0.4 is 11.5 Å². The Balaban J connectivity index is 0.000000147. The lowest BCUT2D eigenvalue weighted by Crippen LogP contribution is -2.59. The standard InChI is InChI=1S/C36H49BrClN5O2.C35H48BrClN6O2.C34H46BrClN6O3/c1-3-4-5-32-24-42(18-19-43(32)34(45)20-26-10-14-40(15-11-26)25(2)44)31-12-16-41(17-13-31)36-33-9-8-30(38)22-27(33)6-7-28-21-29(37)23-39-35(28)36;1-2-3-4-30-23-42(17-18-43(30)32(44)19-24-9-13-41(14-10-24)35(38)45)29-11-15-40(16-12-29)34-31-8-7-28(37)21-25(31)5-6-26-20-27(36)22-39-33(26)34;1-45-17-10-29-22-41(15-16-42(29)31(43)18-23-6-11-40(12-7-23)34(37)44)28-8-13-39(14-9-28)33-30-5-4-27(36)20-24(30)2-3-25-19-26(35)21-38-32(25)33/h8-9,21-23,26,31-32,36H,3-7,10-20,24H2,1-2H3;7-8,20-22,24,29-30,34H,2-6,9-19,23H2,1H3,(H2,38,45);4-5,19-21,23,28-29,33H,2-3,6-18,22H2,1H3,(H2,37,44). The summed E-state index contributed by atoms with van der Waals surface area (Å²) in [5.74, 6) is 2.07. The van der Waals surface area contributed by atoms with E-state index in [-0.39, 0.29) is 54.1 Å². The number of halogens is 6. The highest BCUT2D eigenvalue weighted by Crippen LogP contribution is 2.45. The number of ether oxygens (including phenoxy) is 1. The number of piperazine rings is 3. The van der Waals surface area contributed by atoms with Crippen molar-refractivity contribution in [2.45, 2.75) is 255 Å². The SMILES string of the molecule is CCCCC1CN(C2CCN(C3c4ccc(Cl)cc4CCc4cc(Br)cnc43)CC2)CCN1C(=O)CC1CCN(C(C)=O)CC1.CCCCC1CN(C2CCN(C3c4ccc(Cl)cc4CCc4cc(Br)cnc43)CC2)CCN1C(=O)CC1CCN(C(N)=O)CC1.COCCC1CN(C2CCN(C3c4ccc(Cl)cc4CCc4cc(Br)cnc43)CC2)CCN1C(=O)CC1CCN(C(N)=O)CC1. The van der Waals surface area contributed by atoms with Crippen molar-refractivity contribution in [2.75, 3.05) is 151 Å². The fourth-order valence-corrected chi connectivity index (χ4v) is 26.3. The molecule has 3 aromatic heterocycles. The smallest absolute Gasteiger partial charge is 0.314 e. The summed E-state index contributed by atoms with van der Waals surface area (Å²) >= 11 is 30.3. The number of rotatable bonds is 21. The number of nitrogens with two attached hydrogens (primary N) is 2. The number of primary amides is 2. The van der Waals surface area contributed by atoms with Gasteiger partial charge in [0.2, 0.25) is 23.6 Å². The van der Waals surface area contributed by atoms with Gasteiger partial charge in [-0.05, 0) is 305 Å². The van der Waals surface area contributed by atoms with Gasteiger partial charge in [0.1, 0.15) is 0 Å². The Hall–Kier alpha value is -6.44. The summed E-state index contributed by atoms with van der Waals surface area (Å²) in [5.41, 5.74) is 26.5. The van der Waals surface area contributed by atoms with Gasteiger partial charge in [-0.15, -0.1) is 0 Å². The number of carbonyl (C=O) groups is 6. The second-order valence-electron chi connectivity index (χ2n) is 40.5. The lowest BCUT2D eigenvalue weighted by atomic mass is 9.91. The van der Waals surface area contributed by atoms with Crippen molar-refractivity contribution < 1.29 is 33.5 Å². The van der Waals surface area contributed by atoms with Crippen LogP contribution >= 0.6 is 82.6 Å². The Morgan fingerprint density at radius 3 is 0.941 bits per heavy atom. The number of hydrogen-bond acceptors (Lipinski definition) is 16. The van der Waals surface area contributed by atoms with Gasteiger partial charge in [0.05, 0.1) is 35.2 Å². The number of amides is 8. The van der Waals surface area contributed by atoms with Gasteiger partial charge < -0.3 is 45.6 Å². The number of carbonyl (C=O) groups excluding carboxylic acids is 6. The summed E-state index contributed by atoms with van der Waals surface area (Å²) in [4.78, 5) is 118. The number of hydrogen-bond donors (Lipinski definition) is 2. The van der Waals surface area contributed by atoms with Crippen molar-refractivity contribution in [3.63, 3.8) is 0 Å². The maximum absolute atomic E-state index is 13.6. The van der Waals surface area contributed by atoms with Crippen molar-refractivity contribution >= 4 is 118 Å². The summed E-state index contributed by atoms with van der Waals surface area (Å²) in [5, 5.41) is 2.40. The first-order valence-electron chi connectivity index (χ1n) is 50.8. The van der Waals surface area contributed by atoms with Gasteiger partial charge in [-0.1, -0.05) is 92.5 Å². The van der Waals surface area contributed by atoms with Crippen LogP contribution in [0.1, 0.15) is 247 Å². The molecule has 732 valence electrons. The zero-order chi connectivity index (χ0) is 94.5. The van der Waals surface area contributed by atoms with E-state index in [1.165, 1.54) is 67.2 Å². The number of piperidine rings is 6. The van der Waals surface area contributed by atoms with E-state index < -0.39 is 0 Å². The van der Waals surface area contributed by atoms with Gasteiger partial charge in [0, 0.05) is 261 Å². The molecule has 0 spiro atoms. The molecule has 3 aliphatic carbocycles. The lowest BCUT2D eigenvalue weighted by Gasteiger charge is -2.48. The molecule has 8 amide bonds. The first-order chi connectivity index (χ1) is 65.4. The Morgan fingerprint density at radius 2 is 0.659 bits per heavy atom. The number of unbranched alkanes of at least 4 members (excludes halogenated alkanes) is 2. The van der Waals surface area contributed by atoms with E-state index in [1.54, 1.807) is 23.8 Å². The van der Waals surface area contributed by atoms with Gasteiger partial charge >= 0.3 is 12.1 Å². The molecule has 9 fully saturated rings. The Labute approximate surface area is 841 Å². The first-order valence-corrected chi connectivity index (χ1v) is 54.4. The highest BCUT2D eigenvalue weighted by atomic mass is 79.9. The molecular weight excluding hydrogens is 1960 g/mol. The van der Waals surface area contributed by atoms with Gasteiger partial charge in [0.15, 0.2) is 0 Å². The predicted molar refractivity (Wildman–Crippen MR) is 545 cm³/mol. The van der Waals surface area contributed by atoms with Crippen molar-refractivity contribution in [1.29, 1.82) is 0 Å². The number of aryl methyl sites for hydroxylation is 6. The number of pyridine rings is 3. The number of aromatic nitrogens is 3. The van der Waals surface area contributed by atoms with Crippen molar-refractivity contribution in [3.05, 3.63) is 187 Å². The van der Waals surface area contributed by atoms with Crippen LogP contribution in [0.5, 0.6) is 0 Å². The van der Waals surface area contributed by atoms with Crippen molar-refractivity contribution in [2.24, 2.45) is 29.2 Å². The Morgan fingerprint density at radius 1 is 0.370 bits per heavy atom. The molecule has 0 saturated carbocycles. The molecule has 18 rings (SSSR count). The molecule has 135 heavy (non-hydrogen) atoms. The third-order valence-corrected chi connectivity index (χ3v) is 34.3. The van der Waals surface area contributed by atoms with E-state index in [0.717, 1.165) is 300 Å². The number of benzene rings is 3. The molecule has 0 radical (unpaired) electrons. The highest BCUT2D eigenvalue weighted by molar-refractivity contribution is 9.11. The summed E-state index contributed by atoms with van der Waals surface area (Å²) in [6.07, 6.45) is 33.0. The summed E-state index contributed by atoms with van der Waals surface area (Å²) < 4.78 is 8.57. The Bertz CT molecular complexity index is 4410. The molecule has 0 bridgehead atoms. The van der Waals surface area contributed by atoms with Crippen molar-refractivity contribution in [1.82, 2.24) is 73.8 Å². The van der Waals surface area contributed by atoms with Gasteiger partial charge in [0.25, 0.3) is 0 Å². The molecule has 6 unspecified atom stereocenters. The molecule has 9 aliphatic heterocycles. The molecule has 4 N–H and O–H groups in total. The molecule has 12 aliphatic rings. The van der Waals surface area contributed by atoms with Crippen LogP contribution in [-0.4, -0.2) is 297 Å². The minimum Gasteiger partial charge on any atom is -0.385 e. The van der Waals surface area contributed by atoms with Crippen LogP contribution in [-0.2, 0) is 62.4 Å². The fraction of sp³-hybridized carbons (Fsp3) is 0.629. The van der Waals surface area contributed by atoms with E-state index in [4.69, 9.17) is 66.0 Å². The number of nitrogens with zero attached hydrogens (tertiary/aromatic N) is 15. The van der Waals surface area contributed by atoms with Crippen LogP contribution in [0.3, 0.4) is 0 Å². The molecule has 9 saturated heterocycles. The van der Waals surface area contributed by atoms with Crippen molar-refractivity contribution in [3.8, 4) is 0 Å². The number of likely N-dealkylation sites (tertiary alicyclic amines) is 6. The molecule has 6 atom stereocenters. The third kappa shape index (κ3) is 25.4. The highest BCUT2D eigenvalue weighted by Gasteiger charge is 2.44. The van der Waals surface area contributed by atoms with Gasteiger partial charge in [-0.2, -0.15) is 0 Å². The van der Waals surface area contributed by atoms with E-state index in [2.05, 4.69) is 160 Å². The second kappa shape index (κ2) is 47.9. The fourth-order valence-electron chi connectivity index (χ4n) is 24.6. The van der Waals surface area contributed by atoms with Gasteiger partial charge in [-0.3, -0.25) is 63.5 Å². The number of methoxy groups -OCH3 is 1. The molecule has 30 heteroatoms. The number of urea groups is 2. The van der Waals surface area contributed by atoms with Gasteiger partial charge in [-0.25, -0.2) is 9.59 Å². The first kappa shape index (κ1) is 102. The largest absolute Gasteiger partial charge is 0.385 e. The number of fused-ring (bicyclic) bond motifs is 6. The zero-order valence-corrected chi connectivity index (χ0v) is 87.0.